The molecule has 0 radical (unpaired) electrons. The predicted octanol–water partition coefficient (Wildman–Crippen LogP) is 2.15. The van der Waals surface area contributed by atoms with Gasteiger partial charge in [0, 0.05) is 19.2 Å². The predicted molar refractivity (Wildman–Crippen MR) is 48.9 cm³/mol. The molecule has 82 valence electrons. The number of Topliss-reactive ketones (excluding diaryl/α,β-unsaturated/α-hetero) is 1. The second-order valence-electron chi connectivity index (χ2n) is 2.87. The highest BCUT2D eigenvalue weighted by Gasteiger charge is 2.15. The van der Waals surface area contributed by atoms with Crippen molar-refractivity contribution in [2.45, 2.75) is 6.92 Å². The Bertz CT molecular complexity index is 354. The van der Waals surface area contributed by atoms with Crippen LogP contribution in [-0.4, -0.2) is 19.7 Å². The first-order valence-corrected chi connectivity index (χ1v) is 4.18. The average Bonchev–Trinajstić information content (AvgIpc) is 2.12. The highest BCUT2D eigenvalue weighted by Crippen LogP contribution is 2.21. The molecule has 0 atom stereocenters. The lowest BCUT2D eigenvalue weighted by Crippen LogP contribution is -2.05. The Morgan fingerprint density at radius 3 is 2.27 bits per heavy atom. The number of halogens is 2. The van der Waals surface area contributed by atoms with Gasteiger partial charge in [0.2, 0.25) is 0 Å². The van der Waals surface area contributed by atoms with E-state index in [-0.39, 0.29) is 12.5 Å². The van der Waals surface area contributed by atoms with Crippen molar-refractivity contribution in [3.05, 3.63) is 29.3 Å². The molecule has 3 nitrogen and oxygen atoms in total. The van der Waals surface area contributed by atoms with Gasteiger partial charge < -0.3 is 9.47 Å². The zero-order valence-electron chi connectivity index (χ0n) is 8.34. The number of ether oxygens (including phenoxy) is 2. The van der Waals surface area contributed by atoms with Crippen LogP contribution >= 0.6 is 0 Å². The summed E-state index contributed by atoms with van der Waals surface area (Å²) < 4.78 is 35.8. The molecule has 0 bridgehead atoms. The van der Waals surface area contributed by atoms with Gasteiger partial charge in [0.05, 0.1) is 5.56 Å². The molecule has 0 aromatic heterocycles. The van der Waals surface area contributed by atoms with Crippen molar-refractivity contribution in [3.8, 4) is 5.75 Å². The van der Waals surface area contributed by atoms with Crippen LogP contribution in [0.2, 0.25) is 0 Å². The molecule has 0 fully saturated rings. The third-order valence-electron chi connectivity index (χ3n) is 1.71. The summed E-state index contributed by atoms with van der Waals surface area (Å²) in [5, 5.41) is 0. The fraction of sp³-hybridized carbons (Fsp3) is 0.300. The molecule has 15 heavy (non-hydrogen) atoms. The van der Waals surface area contributed by atoms with Gasteiger partial charge >= 0.3 is 0 Å². The van der Waals surface area contributed by atoms with Gasteiger partial charge in [-0.3, -0.25) is 4.79 Å². The minimum Gasteiger partial charge on any atom is -0.467 e. The second-order valence-corrected chi connectivity index (χ2v) is 2.87. The van der Waals surface area contributed by atoms with E-state index in [1.54, 1.807) is 0 Å². The van der Waals surface area contributed by atoms with E-state index in [0.717, 1.165) is 19.1 Å². The van der Waals surface area contributed by atoms with Crippen LogP contribution < -0.4 is 4.74 Å². The highest BCUT2D eigenvalue weighted by atomic mass is 19.1. The molecule has 0 N–H and O–H groups in total. The molecule has 0 amide bonds. The number of methoxy groups -OCH3 is 1. The molecular formula is C10H10F2O3. The quantitative estimate of drug-likeness (QED) is 0.571. The first-order chi connectivity index (χ1) is 7.06. The fourth-order valence-electron chi connectivity index (χ4n) is 1.10. The van der Waals surface area contributed by atoms with Crippen LogP contribution in [0.4, 0.5) is 8.78 Å². The Morgan fingerprint density at radius 2 is 1.87 bits per heavy atom. The smallest absolute Gasteiger partial charge is 0.188 e. The number of hydrogen-bond donors (Lipinski definition) is 0. The lowest BCUT2D eigenvalue weighted by molar-refractivity contribution is 0.0506. The van der Waals surface area contributed by atoms with Crippen molar-refractivity contribution >= 4 is 5.78 Å². The van der Waals surface area contributed by atoms with Gasteiger partial charge in [-0.15, -0.1) is 0 Å². The molecule has 1 rings (SSSR count). The number of carbonyl (C=O) groups is 1. The third-order valence-corrected chi connectivity index (χ3v) is 1.71. The van der Waals surface area contributed by atoms with Gasteiger partial charge in [0.15, 0.2) is 12.6 Å². The summed E-state index contributed by atoms with van der Waals surface area (Å²) in [7, 11) is 1.39. The summed E-state index contributed by atoms with van der Waals surface area (Å²) in [5.41, 5.74) is -0.556. The number of ketones is 1. The lowest BCUT2D eigenvalue weighted by Gasteiger charge is -2.07. The summed E-state index contributed by atoms with van der Waals surface area (Å²) in [6, 6.07) is 1.89. The monoisotopic (exact) mass is 216 g/mol. The maximum Gasteiger partial charge on any atom is 0.188 e. The Labute approximate surface area is 85.6 Å². The number of rotatable bonds is 4. The summed E-state index contributed by atoms with van der Waals surface area (Å²) in [5.74, 6) is -2.55. The van der Waals surface area contributed by atoms with Crippen LogP contribution in [0.5, 0.6) is 5.75 Å². The van der Waals surface area contributed by atoms with E-state index in [0.29, 0.717) is 0 Å². The van der Waals surface area contributed by atoms with Crippen LogP contribution in [0.15, 0.2) is 12.1 Å². The van der Waals surface area contributed by atoms with E-state index in [1.807, 2.05) is 0 Å². The average molecular weight is 216 g/mol. The number of benzene rings is 1. The van der Waals surface area contributed by atoms with Crippen molar-refractivity contribution in [1.29, 1.82) is 0 Å². The first kappa shape index (κ1) is 11.6. The Kier molecular flexibility index (Phi) is 3.74. The van der Waals surface area contributed by atoms with Gasteiger partial charge in [0.25, 0.3) is 0 Å². The third kappa shape index (κ3) is 2.73. The normalized spacial score (nSPS) is 10.1. The van der Waals surface area contributed by atoms with Crippen molar-refractivity contribution in [2.24, 2.45) is 0 Å². The van der Waals surface area contributed by atoms with E-state index < -0.39 is 23.0 Å². The van der Waals surface area contributed by atoms with Crippen LogP contribution in [-0.2, 0) is 4.74 Å². The molecule has 0 aliphatic heterocycles. The summed E-state index contributed by atoms with van der Waals surface area (Å²) in [6.07, 6.45) is 0. The molecule has 0 saturated carbocycles. The van der Waals surface area contributed by atoms with Crippen LogP contribution in [0, 0.1) is 11.6 Å². The molecule has 0 heterocycles. The lowest BCUT2D eigenvalue weighted by atomic mass is 10.1. The van der Waals surface area contributed by atoms with Crippen LogP contribution in [0.3, 0.4) is 0 Å². The van der Waals surface area contributed by atoms with E-state index >= 15 is 0 Å². The number of carbonyl (C=O) groups excluding carboxylic acids is 1. The van der Waals surface area contributed by atoms with Crippen molar-refractivity contribution in [3.63, 3.8) is 0 Å². The zero-order chi connectivity index (χ0) is 11.4. The van der Waals surface area contributed by atoms with Gasteiger partial charge in [-0.05, 0) is 6.92 Å². The van der Waals surface area contributed by atoms with E-state index in [1.165, 1.54) is 7.11 Å². The summed E-state index contributed by atoms with van der Waals surface area (Å²) in [4.78, 5) is 10.9. The van der Waals surface area contributed by atoms with Gasteiger partial charge in [0.1, 0.15) is 17.4 Å². The summed E-state index contributed by atoms with van der Waals surface area (Å²) >= 11 is 0. The van der Waals surface area contributed by atoms with Crippen LogP contribution in [0.25, 0.3) is 0 Å². The largest absolute Gasteiger partial charge is 0.467 e. The molecule has 1 aromatic rings. The van der Waals surface area contributed by atoms with Gasteiger partial charge in [-0.25, -0.2) is 8.78 Å². The minimum absolute atomic E-state index is 0.0168. The Hall–Kier alpha value is -1.49. The topological polar surface area (TPSA) is 35.5 Å². The maximum atomic E-state index is 13.2. The fourth-order valence-corrected chi connectivity index (χ4v) is 1.10. The summed E-state index contributed by atoms with van der Waals surface area (Å²) in [6.45, 7) is 0.982. The van der Waals surface area contributed by atoms with Crippen LogP contribution in [0.1, 0.15) is 17.3 Å². The standard InChI is InChI=1S/C10H10F2O3/c1-6(13)10-8(11)3-7(4-9(10)12)15-5-14-2/h3-4H,5H2,1-2H3. The van der Waals surface area contributed by atoms with E-state index in [9.17, 15) is 13.6 Å². The van der Waals surface area contributed by atoms with E-state index in [2.05, 4.69) is 4.74 Å². The highest BCUT2D eigenvalue weighted by molar-refractivity contribution is 5.94. The Balaban J connectivity index is 3.03. The van der Waals surface area contributed by atoms with Crippen molar-refractivity contribution in [2.75, 3.05) is 13.9 Å². The van der Waals surface area contributed by atoms with Gasteiger partial charge in [-0.2, -0.15) is 0 Å². The maximum absolute atomic E-state index is 13.2. The zero-order valence-corrected chi connectivity index (χ0v) is 8.34. The van der Waals surface area contributed by atoms with Crippen molar-refractivity contribution < 1.29 is 23.0 Å². The Morgan fingerprint density at radius 1 is 1.33 bits per heavy atom. The molecule has 0 aliphatic carbocycles. The number of hydrogen-bond acceptors (Lipinski definition) is 3. The molecule has 0 aliphatic rings. The van der Waals surface area contributed by atoms with Crippen molar-refractivity contribution in [1.82, 2.24) is 0 Å². The minimum atomic E-state index is -0.936. The molecule has 1 aromatic carbocycles. The molecular weight excluding hydrogens is 206 g/mol. The molecule has 0 saturated heterocycles. The van der Waals surface area contributed by atoms with Gasteiger partial charge in [-0.1, -0.05) is 0 Å². The second kappa shape index (κ2) is 4.84. The molecule has 0 spiro atoms. The molecule has 0 unspecified atom stereocenters. The van der Waals surface area contributed by atoms with E-state index in [4.69, 9.17) is 4.74 Å². The first-order valence-electron chi connectivity index (χ1n) is 4.18. The molecule has 5 heteroatoms. The SMILES string of the molecule is COCOc1cc(F)c(C(C)=O)c(F)c1.